The Kier molecular flexibility index (Phi) is 6.62. The van der Waals surface area contributed by atoms with Crippen LogP contribution in [0.2, 0.25) is 0 Å². The average Bonchev–Trinajstić information content (AvgIpc) is 2.63. The molecule has 0 aliphatic rings. The molecule has 0 aliphatic carbocycles. The summed E-state index contributed by atoms with van der Waals surface area (Å²) < 4.78 is 11.1. The predicted molar refractivity (Wildman–Crippen MR) is 109 cm³/mol. The zero-order chi connectivity index (χ0) is 20.9. The largest absolute Gasteiger partial charge is 0.494 e. The van der Waals surface area contributed by atoms with E-state index in [1.807, 2.05) is 32.9 Å². The number of ketones is 1. The molecule has 5 heteroatoms. The van der Waals surface area contributed by atoms with E-state index in [0.717, 1.165) is 22.4 Å². The van der Waals surface area contributed by atoms with Crippen molar-refractivity contribution in [1.82, 2.24) is 0 Å². The summed E-state index contributed by atoms with van der Waals surface area (Å²) >= 11 is 0. The predicted octanol–water partition coefficient (Wildman–Crippen LogP) is 4.84. The van der Waals surface area contributed by atoms with Gasteiger partial charge in [-0.25, -0.2) is 4.79 Å². The van der Waals surface area contributed by atoms with Gasteiger partial charge in [0.05, 0.1) is 6.61 Å². The Morgan fingerprint density at radius 3 is 2.14 bits per heavy atom. The molecule has 0 aliphatic heterocycles. The lowest BCUT2D eigenvalue weighted by Crippen LogP contribution is -2.38. The monoisotopic (exact) mass is 382 g/mol. The molecule has 0 spiro atoms. The normalized spacial score (nSPS) is 11.5. The van der Waals surface area contributed by atoms with Gasteiger partial charge in [0.1, 0.15) is 11.5 Å². The Labute approximate surface area is 165 Å². The lowest BCUT2D eigenvalue weighted by Gasteiger charge is -2.24. The number of allylic oxidation sites excluding steroid dienone is 1. The minimum atomic E-state index is -1.32. The standard InChI is InChI=1S/C23H26O5/c1-6-27-19-10-8-18(9-11-19)20(24)12-7-17-13-15(2)21(16(3)14-17)28-23(4,5)22(25)26/h7-14H,6H2,1-5H3,(H,25,26). The minimum absolute atomic E-state index is 0.106. The second-order valence-corrected chi connectivity index (χ2v) is 7.06. The first-order chi connectivity index (χ1) is 13.1. The summed E-state index contributed by atoms with van der Waals surface area (Å²) in [7, 11) is 0. The van der Waals surface area contributed by atoms with Crippen LogP contribution in [0.25, 0.3) is 6.08 Å². The van der Waals surface area contributed by atoms with Crippen molar-refractivity contribution in [3.63, 3.8) is 0 Å². The molecule has 148 valence electrons. The van der Waals surface area contributed by atoms with Crippen LogP contribution < -0.4 is 9.47 Å². The zero-order valence-electron chi connectivity index (χ0n) is 16.9. The quantitative estimate of drug-likeness (QED) is 0.522. The number of hydrogen-bond acceptors (Lipinski definition) is 4. The van der Waals surface area contributed by atoms with E-state index >= 15 is 0 Å². The van der Waals surface area contributed by atoms with Crippen LogP contribution in [0.1, 0.15) is 47.8 Å². The highest BCUT2D eigenvalue weighted by Gasteiger charge is 2.30. The molecule has 0 fully saturated rings. The number of hydrogen-bond donors (Lipinski definition) is 1. The summed E-state index contributed by atoms with van der Waals surface area (Å²) in [6, 6.07) is 10.7. The smallest absolute Gasteiger partial charge is 0.347 e. The second-order valence-electron chi connectivity index (χ2n) is 7.06. The van der Waals surface area contributed by atoms with Gasteiger partial charge in [-0.3, -0.25) is 4.79 Å². The van der Waals surface area contributed by atoms with Gasteiger partial charge in [0.25, 0.3) is 0 Å². The van der Waals surface area contributed by atoms with Crippen LogP contribution in [-0.2, 0) is 4.79 Å². The highest BCUT2D eigenvalue weighted by molar-refractivity contribution is 6.06. The van der Waals surface area contributed by atoms with Gasteiger partial charge in [-0.05, 0) is 93.8 Å². The van der Waals surface area contributed by atoms with Crippen molar-refractivity contribution >= 4 is 17.8 Å². The maximum absolute atomic E-state index is 12.4. The van der Waals surface area contributed by atoms with Gasteiger partial charge in [-0.15, -0.1) is 0 Å². The van der Waals surface area contributed by atoms with Crippen LogP contribution in [0.5, 0.6) is 11.5 Å². The minimum Gasteiger partial charge on any atom is -0.494 e. The van der Waals surface area contributed by atoms with E-state index in [1.165, 1.54) is 19.9 Å². The fraction of sp³-hybridized carbons (Fsp3) is 0.304. The number of carboxylic acids is 1. The summed E-state index contributed by atoms with van der Waals surface area (Å²) in [5.41, 5.74) is 1.72. The van der Waals surface area contributed by atoms with Gasteiger partial charge in [-0.2, -0.15) is 0 Å². The fourth-order valence-electron chi connectivity index (χ4n) is 2.69. The molecule has 0 unspecified atom stereocenters. The van der Waals surface area contributed by atoms with E-state index in [4.69, 9.17) is 9.47 Å². The average molecular weight is 382 g/mol. The summed E-state index contributed by atoms with van der Waals surface area (Å²) in [6.45, 7) is 9.22. The van der Waals surface area contributed by atoms with E-state index in [-0.39, 0.29) is 5.78 Å². The third kappa shape index (κ3) is 5.22. The molecule has 5 nitrogen and oxygen atoms in total. The van der Waals surface area contributed by atoms with Crippen LogP contribution in [0.4, 0.5) is 0 Å². The van der Waals surface area contributed by atoms with Gasteiger partial charge in [0.15, 0.2) is 11.4 Å². The number of carbonyl (C=O) groups is 2. The topological polar surface area (TPSA) is 72.8 Å². The zero-order valence-corrected chi connectivity index (χ0v) is 16.9. The maximum Gasteiger partial charge on any atom is 0.347 e. The van der Waals surface area contributed by atoms with Crippen LogP contribution >= 0.6 is 0 Å². The molecule has 0 bridgehead atoms. The van der Waals surface area contributed by atoms with Gasteiger partial charge < -0.3 is 14.6 Å². The number of carbonyl (C=O) groups excluding carboxylic acids is 1. The molecule has 0 saturated carbocycles. The van der Waals surface area contributed by atoms with E-state index in [0.29, 0.717) is 17.9 Å². The van der Waals surface area contributed by atoms with Crippen molar-refractivity contribution in [2.75, 3.05) is 6.61 Å². The lowest BCUT2D eigenvalue weighted by molar-refractivity contribution is -0.152. The molecule has 0 radical (unpaired) electrons. The number of ether oxygens (including phenoxy) is 2. The maximum atomic E-state index is 12.4. The molecule has 2 aromatic rings. The number of rotatable bonds is 8. The first kappa shape index (κ1) is 21.2. The molecule has 2 aromatic carbocycles. The summed E-state index contributed by atoms with van der Waals surface area (Å²) in [5, 5.41) is 9.26. The molecule has 2 rings (SSSR count). The van der Waals surface area contributed by atoms with Gasteiger partial charge >= 0.3 is 5.97 Å². The highest BCUT2D eigenvalue weighted by Crippen LogP contribution is 2.29. The van der Waals surface area contributed by atoms with E-state index in [9.17, 15) is 14.7 Å². The number of carboxylic acid groups (broad SMARTS) is 1. The number of aliphatic carboxylic acids is 1. The molecule has 0 amide bonds. The summed E-state index contributed by atoms with van der Waals surface area (Å²) in [5.74, 6) is 0.137. The molecule has 0 heterocycles. The van der Waals surface area contributed by atoms with Crippen LogP contribution in [0, 0.1) is 13.8 Å². The van der Waals surface area contributed by atoms with Crippen molar-refractivity contribution in [2.45, 2.75) is 40.2 Å². The van der Waals surface area contributed by atoms with Crippen LogP contribution in [-0.4, -0.2) is 29.1 Å². The van der Waals surface area contributed by atoms with E-state index in [2.05, 4.69) is 0 Å². The van der Waals surface area contributed by atoms with Crippen molar-refractivity contribution in [2.24, 2.45) is 0 Å². The molecule has 0 saturated heterocycles. The molecule has 1 N–H and O–H groups in total. The summed E-state index contributed by atoms with van der Waals surface area (Å²) in [6.07, 6.45) is 3.26. The van der Waals surface area contributed by atoms with Crippen molar-refractivity contribution in [1.29, 1.82) is 0 Å². The molecule has 28 heavy (non-hydrogen) atoms. The Hall–Kier alpha value is -3.08. The SMILES string of the molecule is CCOc1ccc(C(=O)C=Cc2cc(C)c(OC(C)(C)C(=O)O)c(C)c2)cc1. The third-order valence-electron chi connectivity index (χ3n) is 4.23. The first-order valence-electron chi connectivity index (χ1n) is 9.13. The second kappa shape index (κ2) is 8.74. The molecule has 0 atom stereocenters. The van der Waals surface area contributed by atoms with E-state index < -0.39 is 11.6 Å². The van der Waals surface area contributed by atoms with E-state index in [1.54, 1.807) is 30.3 Å². The van der Waals surface area contributed by atoms with Gasteiger partial charge in [0.2, 0.25) is 0 Å². The van der Waals surface area contributed by atoms with Crippen LogP contribution in [0.15, 0.2) is 42.5 Å². The Morgan fingerprint density at radius 1 is 1.07 bits per heavy atom. The Balaban J connectivity index is 2.18. The Bertz CT molecular complexity index is 869. The van der Waals surface area contributed by atoms with Gasteiger partial charge in [0, 0.05) is 5.56 Å². The molecular weight excluding hydrogens is 356 g/mol. The third-order valence-corrected chi connectivity index (χ3v) is 4.23. The fourth-order valence-corrected chi connectivity index (χ4v) is 2.69. The lowest BCUT2D eigenvalue weighted by atomic mass is 10.0. The molecular formula is C23H26O5. The van der Waals surface area contributed by atoms with Crippen molar-refractivity contribution in [3.8, 4) is 11.5 Å². The Morgan fingerprint density at radius 2 is 1.64 bits per heavy atom. The van der Waals surface area contributed by atoms with Crippen molar-refractivity contribution < 1.29 is 24.2 Å². The highest BCUT2D eigenvalue weighted by atomic mass is 16.5. The first-order valence-corrected chi connectivity index (χ1v) is 9.13. The molecule has 0 aromatic heterocycles. The summed E-state index contributed by atoms with van der Waals surface area (Å²) in [4.78, 5) is 23.7. The number of aryl methyl sites for hydroxylation is 2. The van der Waals surface area contributed by atoms with Gasteiger partial charge in [-0.1, -0.05) is 6.08 Å². The van der Waals surface area contributed by atoms with Crippen molar-refractivity contribution in [3.05, 3.63) is 64.7 Å². The number of benzene rings is 2. The van der Waals surface area contributed by atoms with Crippen LogP contribution in [0.3, 0.4) is 0 Å².